The van der Waals surface area contributed by atoms with E-state index in [-0.39, 0.29) is 36.2 Å². The quantitative estimate of drug-likeness (QED) is 0.410. The summed E-state index contributed by atoms with van der Waals surface area (Å²) in [6.45, 7) is 7.48. The zero-order valence-electron chi connectivity index (χ0n) is 18.8. The molecular weight excluding hydrogens is 442 g/mol. The normalized spacial score (nSPS) is 11.0. The van der Waals surface area contributed by atoms with Gasteiger partial charge in [0.25, 0.3) is 11.8 Å². The molecule has 0 aliphatic carbocycles. The molecule has 1 rings (SSSR count). The van der Waals surface area contributed by atoms with Crippen molar-refractivity contribution < 1.29 is 37.0 Å². The first-order valence-electron chi connectivity index (χ1n) is 10.4. The Bertz CT molecular complexity index is 887. The summed E-state index contributed by atoms with van der Waals surface area (Å²) in [5, 5.41) is 2.22. The Kier molecular flexibility index (Phi) is 11.5. The molecule has 0 bridgehead atoms. The Balaban J connectivity index is 2.96. The Labute approximate surface area is 188 Å². The number of unbranched alkanes of at least 4 members (excludes halogenated alkanes) is 1. The highest BCUT2D eigenvalue weighted by Crippen LogP contribution is 2.26. The summed E-state index contributed by atoms with van der Waals surface area (Å²) in [6.07, 6.45) is 1.84. The van der Waals surface area contributed by atoms with Gasteiger partial charge in [0, 0.05) is 12.3 Å². The van der Waals surface area contributed by atoms with Crippen LogP contribution in [0.4, 0.5) is 4.79 Å². The fourth-order valence-electron chi connectivity index (χ4n) is 2.21. The van der Waals surface area contributed by atoms with Crippen LogP contribution in [0.15, 0.2) is 12.3 Å². The molecule has 12 heteroatoms. The van der Waals surface area contributed by atoms with Gasteiger partial charge >= 0.3 is 12.1 Å². The molecule has 0 saturated carbocycles. The molecule has 2 amide bonds. The first-order valence-corrected chi connectivity index (χ1v) is 12.0. The van der Waals surface area contributed by atoms with Crippen LogP contribution >= 0.6 is 0 Å². The second-order valence-electron chi connectivity index (χ2n) is 7.21. The molecule has 1 aromatic rings. The number of pyridine rings is 1. The van der Waals surface area contributed by atoms with Crippen molar-refractivity contribution in [3.63, 3.8) is 0 Å². The lowest BCUT2D eigenvalue weighted by molar-refractivity contribution is -0.141. The molecule has 0 fully saturated rings. The Morgan fingerprint density at radius 1 is 1.19 bits per heavy atom. The summed E-state index contributed by atoms with van der Waals surface area (Å²) in [6, 6.07) is 1.24. The van der Waals surface area contributed by atoms with Crippen molar-refractivity contribution >= 4 is 28.0 Å². The highest BCUT2D eigenvalue weighted by molar-refractivity contribution is 7.90. The minimum atomic E-state index is -3.79. The predicted octanol–water partition coefficient (Wildman–Crippen LogP) is 2.02. The van der Waals surface area contributed by atoms with E-state index in [4.69, 9.17) is 14.2 Å². The highest BCUT2D eigenvalue weighted by Gasteiger charge is 2.20. The van der Waals surface area contributed by atoms with E-state index in [0.717, 1.165) is 6.20 Å². The van der Waals surface area contributed by atoms with Crippen LogP contribution in [0.1, 0.15) is 57.3 Å². The molecule has 180 valence electrons. The van der Waals surface area contributed by atoms with Gasteiger partial charge in [-0.2, -0.15) is 0 Å². The average Bonchev–Trinajstić information content (AvgIpc) is 2.71. The van der Waals surface area contributed by atoms with E-state index in [1.54, 1.807) is 6.92 Å². The molecule has 0 unspecified atom stereocenters. The van der Waals surface area contributed by atoms with E-state index in [2.05, 4.69) is 10.3 Å². The molecule has 0 aromatic carbocycles. The second-order valence-corrected chi connectivity index (χ2v) is 9.05. The summed E-state index contributed by atoms with van der Waals surface area (Å²) >= 11 is 0. The maximum Gasteiger partial charge on any atom is 0.414 e. The van der Waals surface area contributed by atoms with Crippen molar-refractivity contribution in [3.8, 4) is 11.6 Å². The van der Waals surface area contributed by atoms with E-state index in [1.807, 2.05) is 25.5 Å². The summed E-state index contributed by atoms with van der Waals surface area (Å²) in [5.41, 5.74) is -0.0797. The molecule has 0 atom stereocenters. The van der Waals surface area contributed by atoms with E-state index in [0.29, 0.717) is 25.2 Å². The van der Waals surface area contributed by atoms with Crippen molar-refractivity contribution in [2.45, 2.75) is 47.0 Å². The van der Waals surface area contributed by atoms with Crippen LogP contribution in [0.2, 0.25) is 0 Å². The summed E-state index contributed by atoms with van der Waals surface area (Å²) in [4.78, 5) is 39.6. The van der Waals surface area contributed by atoms with Gasteiger partial charge in [-0.1, -0.05) is 27.2 Å². The van der Waals surface area contributed by atoms with Gasteiger partial charge in [-0.15, -0.1) is 0 Å². The standard InChI is InChI=1S/C20H31N3O8S/c1-5-7-10-32(27,28)23-18(25)15-11-16(30-9-8-14(3)4)19(21-12-15)31-20(26)22-13-17(24)29-6-2/h11-12,14H,5-10,13H2,1-4H3,(H,22,26)(H,23,25). The van der Waals surface area contributed by atoms with Gasteiger partial charge < -0.3 is 19.5 Å². The average molecular weight is 474 g/mol. The first kappa shape index (κ1) is 27.1. The van der Waals surface area contributed by atoms with Gasteiger partial charge in [-0.25, -0.2) is 22.9 Å². The third-order valence-corrected chi connectivity index (χ3v) is 5.24. The van der Waals surface area contributed by atoms with Crippen molar-refractivity contribution in [2.24, 2.45) is 5.92 Å². The van der Waals surface area contributed by atoms with Crippen molar-refractivity contribution in [3.05, 3.63) is 17.8 Å². The summed E-state index contributed by atoms with van der Waals surface area (Å²) < 4.78 is 41.4. The lowest BCUT2D eigenvalue weighted by Gasteiger charge is -2.13. The maximum absolute atomic E-state index is 12.4. The number of carbonyl (C=O) groups is 3. The van der Waals surface area contributed by atoms with Gasteiger partial charge in [-0.05, 0) is 25.7 Å². The Hall–Kier alpha value is -2.89. The zero-order valence-corrected chi connectivity index (χ0v) is 19.6. The molecular formula is C20H31N3O8S. The van der Waals surface area contributed by atoms with E-state index >= 15 is 0 Å². The minimum Gasteiger partial charge on any atom is -0.488 e. The topological polar surface area (TPSA) is 150 Å². The number of rotatable bonds is 13. The van der Waals surface area contributed by atoms with E-state index < -0.39 is 34.5 Å². The number of nitrogens with zero attached hydrogens (tertiary/aromatic N) is 1. The van der Waals surface area contributed by atoms with Gasteiger partial charge in [0.15, 0.2) is 5.75 Å². The minimum absolute atomic E-state index is 0.0180. The first-order chi connectivity index (χ1) is 15.1. The van der Waals surface area contributed by atoms with Gasteiger partial charge in [0.1, 0.15) is 6.54 Å². The van der Waals surface area contributed by atoms with Crippen molar-refractivity contribution in [2.75, 3.05) is 25.5 Å². The number of carbonyl (C=O) groups excluding carboxylic acids is 3. The molecule has 0 aliphatic rings. The molecule has 1 heterocycles. The molecule has 0 aliphatic heterocycles. The monoisotopic (exact) mass is 473 g/mol. The highest BCUT2D eigenvalue weighted by atomic mass is 32.2. The van der Waals surface area contributed by atoms with Crippen LogP contribution in [0.25, 0.3) is 0 Å². The number of hydrogen-bond acceptors (Lipinski definition) is 9. The van der Waals surface area contributed by atoms with Gasteiger partial charge in [-0.3, -0.25) is 9.59 Å². The number of esters is 1. The van der Waals surface area contributed by atoms with E-state index in [9.17, 15) is 22.8 Å². The lowest BCUT2D eigenvalue weighted by atomic mass is 10.1. The van der Waals surface area contributed by atoms with Crippen LogP contribution in [-0.2, 0) is 19.6 Å². The van der Waals surface area contributed by atoms with Crippen molar-refractivity contribution in [1.29, 1.82) is 0 Å². The van der Waals surface area contributed by atoms with Crippen molar-refractivity contribution in [1.82, 2.24) is 15.0 Å². The van der Waals surface area contributed by atoms with E-state index in [1.165, 1.54) is 6.07 Å². The molecule has 11 nitrogen and oxygen atoms in total. The Morgan fingerprint density at radius 2 is 1.91 bits per heavy atom. The molecule has 0 spiro atoms. The number of ether oxygens (including phenoxy) is 3. The number of nitrogens with one attached hydrogen (secondary N) is 2. The van der Waals surface area contributed by atoms with Crippen LogP contribution < -0.4 is 19.5 Å². The van der Waals surface area contributed by atoms with Gasteiger partial charge in [0.2, 0.25) is 10.0 Å². The largest absolute Gasteiger partial charge is 0.488 e. The third-order valence-electron chi connectivity index (χ3n) is 3.92. The molecule has 32 heavy (non-hydrogen) atoms. The smallest absolute Gasteiger partial charge is 0.414 e. The van der Waals surface area contributed by atoms with Crippen LogP contribution in [0, 0.1) is 5.92 Å². The number of hydrogen-bond donors (Lipinski definition) is 2. The molecule has 1 aromatic heterocycles. The Morgan fingerprint density at radius 3 is 2.53 bits per heavy atom. The maximum atomic E-state index is 12.4. The third kappa shape index (κ3) is 10.4. The molecule has 0 saturated heterocycles. The fraction of sp³-hybridized carbons (Fsp3) is 0.600. The van der Waals surface area contributed by atoms with Crippen LogP contribution in [0.5, 0.6) is 11.6 Å². The SMILES string of the molecule is CCCCS(=O)(=O)NC(=O)c1cnc(OC(=O)NCC(=O)OCC)c(OCCC(C)C)c1. The van der Waals surface area contributed by atoms with Gasteiger partial charge in [0.05, 0.1) is 24.5 Å². The number of sulfonamides is 1. The molecule has 0 radical (unpaired) electrons. The predicted molar refractivity (Wildman–Crippen MR) is 116 cm³/mol. The summed E-state index contributed by atoms with van der Waals surface area (Å²) in [5.74, 6) is -1.61. The second kappa shape index (κ2) is 13.5. The molecule has 2 N–H and O–H groups in total. The van der Waals surface area contributed by atoms with Crippen LogP contribution in [-0.4, -0.2) is 56.9 Å². The lowest BCUT2D eigenvalue weighted by Crippen LogP contribution is -2.33. The van der Waals surface area contributed by atoms with Crippen LogP contribution in [0.3, 0.4) is 0 Å². The number of aromatic nitrogens is 1. The fourth-order valence-corrected chi connectivity index (χ4v) is 3.38. The zero-order chi connectivity index (χ0) is 24.1. The summed E-state index contributed by atoms with van der Waals surface area (Å²) in [7, 11) is -3.79. The number of amides is 2.